The van der Waals surface area contributed by atoms with E-state index in [-0.39, 0.29) is 17.6 Å². The second kappa shape index (κ2) is 7.10. The minimum atomic E-state index is -3.54. The maximum Gasteiger partial charge on any atom is 0.218 e. The average Bonchev–Trinajstić information content (AvgIpc) is 2.55. The third-order valence-corrected chi connectivity index (χ3v) is 5.73. The molecule has 0 aromatic heterocycles. The minimum absolute atomic E-state index is 0.177. The minimum Gasteiger partial charge on any atom is -0.496 e. The highest BCUT2D eigenvalue weighted by Crippen LogP contribution is 2.30. The summed E-state index contributed by atoms with van der Waals surface area (Å²) in [6.45, 7) is 1.81. The number of para-hydroxylation sites is 1. The van der Waals surface area contributed by atoms with Gasteiger partial charge >= 0.3 is 0 Å². The molecule has 0 fully saturated rings. The lowest BCUT2D eigenvalue weighted by atomic mass is 10.1. The molecule has 0 aliphatic heterocycles. The number of hydrogen-bond acceptors (Lipinski definition) is 3. The van der Waals surface area contributed by atoms with Gasteiger partial charge in [-0.15, -0.1) is 0 Å². The van der Waals surface area contributed by atoms with Gasteiger partial charge in [-0.25, -0.2) is 12.8 Å². The van der Waals surface area contributed by atoms with Gasteiger partial charge in [-0.1, -0.05) is 30.3 Å². The van der Waals surface area contributed by atoms with Crippen LogP contribution in [0.5, 0.6) is 5.75 Å². The fourth-order valence-corrected chi connectivity index (χ4v) is 3.75. The summed E-state index contributed by atoms with van der Waals surface area (Å²) >= 11 is 0. The largest absolute Gasteiger partial charge is 0.496 e. The summed E-state index contributed by atoms with van der Waals surface area (Å²) in [5.41, 5.74) is 1.34. The molecular weight excluding hydrogens is 317 g/mol. The first-order valence-corrected chi connectivity index (χ1v) is 8.79. The van der Waals surface area contributed by atoms with Crippen molar-refractivity contribution in [2.24, 2.45) is 0 Å². The van der Waals surface area contributed by atoms with Gasteiger partial charge in [0.25, 0.3) is 0 Å². The summed E-state index contributed by atoms with van der Waals surface area (Å²) in [6, 6.07) is 12.4. The first-order valence-electron chi connectivity index (χ1n) is 7.18. The molecule has 0 N–H and O–H groups in total. The van der Waals surface area contributed by atoms with E-state index in [2.05, 4.69) is 0 Å². The molecule has 124 valence electrons. The second-order valence-electron chi connectivity index (χ2n) is 5.32. The second-order valence-corrected chi connectivity index (χ2v) is 7.35. The van der Waals surface area contributed by atoms with Gasteiger partial charge in [-0.05, 0) is 30.7 Å². The van der Waals surface area contributed by atoms with Crippen LogP contribution in [0.1, 0.15) is 24.1 Å². The fraction of sp³-hybridized carbons (Fsp3) is 0.294. The van der Waals surface area contributed by atoms with Gasteiger partial charge in [-0.2, -0.15) is 4.31 Å². The number of rotatable bonds is 6. The van der Waals surface area contributed by atoms with Gasteiger partial charge in [0.1, 0.15) is 11.6 Å². The van der Waals surface area contributed by atoms with Crippen LogP contribution >= 0.6 is 0 Å². The van der Waals surface area contributed by atoms with E-state index in [0.29, 0.717) is 11.3 Å². The monoisotopic (exact) mass is 337 g/mol. The Morgan fingerprint density at radius 3 is 2.35 bits per heavy atom. The van der Waals surface area contributed by atoms with E-state index in [4.69, 9.17) is 4.74 Å². The van der Waals surface area contributed by atoms with Crippen molar-refractivity contribution in [1.82, 2.24) is 4.31 Å². The van der Waals surface area contributed by atoms with Crippen LogP contribution in [0, 0.1) is 5.82 Å². The highest BCUT2D eigenvalue weighted by Gasteiger charge is 2.26. The number of hydrogen-bond donors (Lipinski definition) is 0. The molecule has 0 aliphatic carbocycles. The molecule has 2 aromatic rings. The number of nitrogens with zero attached hydrogens (tertiary/aromatic N) is 1. The summed E-state index contributed by atoms with van der Waals surface area (Å²) in [6.07, 6.45) is 0. The molecule has 0 spiro atoms. The molecule has 0 unspecified atom stereocenters. The van der Waals surface area contributed by atoms with Gasteiger partial charge in [0.05, 0.1) is 18.9 Å². The van der Waals surface area contributed by atoms with Gasteiger partial charge in [-0.3, -0.25) is 0 Å². The molecule has 0 radical (unpaired) electrons. The molecule has 0 saturated heterocycles. The molecule has 0 bridgehead atoms. The van der Waals surface area contributed by atoms with E-state index in [0.717, 1.165) is 5.56 Å². The van der Waals surface area contributed by atoms with E-state index in [1.54, 1.807) is 20.1 Å². The van der Waals surface area contributed by atoms with Crippen LogP contribution in [-0.4, -0.2) is 26.9 Å². The van der Waals surface area contributed by atoms with Gasteiger partial charge in [0.15, 0.2) is 0 Å². The summed E-state index contributed by atoms with van der Waals surface area (Å²) in [7, 11) is -0.451. The van der Waals surface area contributed by atoms with Crippen LogP contribution in [0.3, 0.4) is 0 Å². The van der Waals surface area contributed by atoms with Crippen molar-refractivity contribution in [3.63, 3.8) is 0 Å². The van der Waals surface area contributed by atoms with Gasteiger partial charge < -0.3 is 4.74 Å². The van der Waals surface area contributed by atoms with E-state index >= 15 is 0 Å². The number of sulfonamides is 1. The average molecular weight is 337 g/mol. The quantitative estimate of drug-likeness (QED) is 0.812. The highest BCUT2D eigenvalue weighted by molar-refractivity contribution is 7.88. The van der Waals surface area contributed by atoms with E-state index in [1.165, 1.54) is 35.6 Å². The third kappa shape index (κ3) is 4.09. The van der Waals surface area contributed by atoms with Gasteiger partial charge in [0.2, 0.25) is 10.0 Å². The SMILES string of the molecule is COc1ccccc1[C@@H](C)N(C)S(=O)(=O)Cc1ccc(F)cc1. The standard InChI is InChI=1S/C17H20FNO3S/c1-13(16-6-4-5-7-17(16)22-3)19(2)23(20,21)12-14-8-10-15(18)11-9-14/h4-11,13H,12H2,1-3H3/t13-/m1/s1. The molecule has 4 nitrogen and oxygen atoms in total. The van der Waals surface area contributed by atoms with E-state index < -0.39 is 10.0 Å². The Morgan fingerprint density at radius 1 is 1.13 bits per heavy atom. The summed E-state index contributed by atoms with van der Waals surface area (Å²) in [5, 5.41) is 0. The van der Waals surface area contributed by atoms with E-state index in [9.17, 15) is 12.8 Å². The smallest absolute Gasteiger partial charge is 0.218 e. The predicted molar refractivity (Wildman–Crippen MR) is 88.2 cm³/mol. The highest BCUT2D eigenvalue weighted by atomic mass is 32.2. The molecule has 1 atom stereocenters. The zero-order valence-corrected chi connectivity index (χ0v) is 14.2. The topological polar surface area (TPSA) is 46.6 Å². The fourth-order valence-electron chi connectivity index (χ4n) is 2.34. The molecule has 0 heterocycles. The number of ether oxygens (including phenoxy) is 1. The van der Waals surface area contributed by atoms with Crippen molar-refractivity contribution in [1.29, 1.82) is 0 Å². The molecule has 2 aromatic carbocycles. The lowest BCUT2D eigenvalue weighted by Crippen LogP contribution is -2.31. The Bertz CT molecular complexity index is 760. The Kier molecular flexibility index (Phi) is 5.38. The Morgan fingerprint density at radius 2 is 1.74 bits per heavy atom. The van der Waals surface area contributed by atoms with Crippen LogP contribution in [0.4, 0.5) is 4.39 Å². The molecule has 6 heteroatoms. The lowest BCUT2D eigenvalue weighted by Gasteiger charge is -2.26. The summed E-state index contributed by atoms with van der Waals surface area (Å²) in [4.78, 5) is 0. The molecule has 0 saturated carbocycles. The summed E-state index contributed by atoms with van der Waals surface area (Å²) in [5.74, 6) is 0.0780. The van der Waals surface area contributed by atoms with Crippen molar-refractivity contribution in [2.45, 2.75) is 18.7 Å². The van der Waals surface area contributed by atoms with Crippen LogP contribution in [0.2, 0.25) is 0 Å². The van der Waals surface area contributed by atoms with Gasteiger partial charge in [0, 0.05) is 12.6 Å². The molecular formula is C17H20FNO3S. The molecule has 0 amide bonds. The first-order chi connectivity index (χ1) is 10.8. The zero-order chi connectivity index (χ0) is 17.0. The maximum atomic E-state index is 12.9. The lowest BCUT2D eigenvalue weighted by molar-refractivity contribution is 0.367. The Hall–Kier alpha value is -1.92. The number of benzene rings is 2. The normalized spacial score (nSPS) is 13.1. The molecule has 23 heavy (non-hydrogen) atoms. The maximum absolute atomic E-state index is 12.9. The van der Waals surface area contributed by atoms with Crippen LogP contribution in [-0.2, 0) is 15.8 Å². The Balaban J connectivity index is 2.23. The Labute approximate surface area is 136 Å². The third-order valence-electron chi connectivity index (χ3n) is 3.84. The van der Waals surface area contributed by atoms with Crippen LogP contribution in [0.15, 0.2) is 48.5 Å². The van der Waals surface area contributed by atoms with Crippen molar-refractivity contribution in [2.75, 3.05) is 14.2 Å². The van der Waals surface area contributed by atoms with Crippen LogP contribution in [0.25, 0.3) is 0 Å². The van der Waals surface area contributed by atoms with Crippen LogP contribution < -0.4 is 4.74 Å². The first kappa shape index (κ1) is 17.4. The molecule has 2 rings (SSSR count). The number of methoxy groups -OCH3 is 1. The predicted octanol–water partition coefficient (Wildman–Crippen LogP) is 3.36. The van der Waals surface area contributed by atoms with Crippen molar-refractivity contribution < 1.29 is 17.5 Å². The van der Waals surface area contributed by atoms with Crippen molar-refractivity contribution in [3.05, 3.63) is 65.5 Å². The van der Waals surface area contributed by atoms with E-state index in [1.807, 2.05) is 18.2 Å². The van der Waals surface area contributed by atoms with Crippen molar-refractivity contribution in [3.8, 4) is 5.75 Å². The number of halogens is 1. The molecule has 0 aliphatic rings. The van der Waals surface area contributed by atoms with Crippen molar-refractivity contribution >= 4 is 10.0 Å². The summed E-state index contributed by atoms with van der Waals surface area (Å²) < 4.78 is 44.7. The zero-order valence-electron chi connectivity index (χ0n) is 13.4.